The number of halogens is 1. The van der Waals surface area contributed by atoms with Crippen LogP contribution >= 0.6 is 15.9 Å². The number of nitrogens with zero attached hydrogens (tertiary/aromatic N) is 1. The van der Waals surface area contributed by atoms with Crippen LogP contribution in [0.3, 0.4) is 0 Å². The zero-order valence-electron chi connectivity index (χ0n) is 10.6. The van der Waals surface area contributed by atoms with Crippen LogP contribution in [0.2, 0.25) is 0 Å². The normalized spacial score (nSPS) is 33.1. The van der Waals surface area contributed by atoms with Crippen molar-refractivity contribution in [2.24, 2.45) is 5.92 Å². The first kappa shape index (κ1) is 12.9. The molecule has 0 radical (unpaired) electrons. The molecule has 3 heterocycles. The zero-order chi connectivity index (χ0) is 13.5. The number of hydrogen-bond acceptors (Lipinski definition) is 3. The molecule has 0 amide bonds. The van der Waals surface area contributed by atoms with E-state index >= 15 is 0 Å². The molecular weight excluding hydrogens is 308 g/mol. The largest absolute Gasteiger partial charge is 0.479 e. The van der Waals surface area contributed by atoms with Crippen molar-refractivity contribution in [3.05, 3.63) is 28.7 Å². The van der Waals surface area contributed by atoms with E-state index in [1.54, 1.807) is 0 Å². The van der Waals surface area contributed by atoms with Gasteiger partial charge in [0.15, 0.2) is 5.54 Å². The summed E-state index contributed by atoms with van der Waals surface area (Å²) in [4.78, 5) is 14.1. The van der Waals surface area contributed by atoms with Crippen LogP contribution in [0.15, 0.2) is 28.7 Å². The molecule has 2 bridgehead atoms. The molecule has 3 aliphatic heterocycles. The van der Waals surface area contributed by atoms with E-state index < -0.39 is 11.5 Å². The number of fused-ring (bicyclic) bond motifs is 3. The summed E-state index contributed by atoms with van der Waals surface area (Å²) in [6.07, 6.45) is 1.94. The maximum absolute atomic E-state index is 11.8. The predicted molar refractivity (Wildman–Crippen MR) is 77.3 cm³/mol. The van der Waals surface area contributed by atoms with Gasteiger partial charge in [-0.3, -0.25) is 0 Å². The van der Waals surface area contributed by atoms with E-state index in [1.165, 1.54) is 0 Å². The van der Waals surface area contributed by atoms with E-state index in [9.17, 15) is 9.90 Å². The van der Waals surface area contributed by atoms with Crippen LogP contribution in [0.1, 0.15) is 12.8 Å². The van der Waals surface area contributed by atoms with Gasteiger partial charge in [0, 0.05) is 16.7 Å². The number of nitrogens with one attached hydrogen (secondary N) is 1. The Morgan fingerprint density at radius 2 is 1.95 bits per heavy atom. The van der Waals surface area contributed by atoms with E-state index in [0.717, 1.165) is 36.1 Å². The van der Waals surface area contributed by atoms with Crippen LogP contribution in [0.5, 0.6) is 0 Å². The van der Waals surface area contributed by atoms with Crippen LogP contribution in [-0.4, -0.2) is 41.1 Å². The fraction of sp³-hybridized carbons (Fsp3) is 0.500. The average Bonchev–Trinajstić information content (AvgIpc) is 2.42. The molecule has 3 aliphatic rings. The fourth-order valence-electron chi connectivity index (χ4n) is 3.29. The van der Waals surface area contributed by atoms with Crippen molar-refractivity contribution in [3.8, 4) is 0 Å². The topological polar surface area (TPSA) is 52.6 Å². The number of carbonyl (C=O) groups is 1. The molecule has 4 rings (SSSR count). The Bertz CT molecular complexity index is 483. The summed E-state index contributed by atoms with van der Waals surface area (Å²) in [5.41, 5.74) is 0.0454. The first-order valence-corrected chi connectivity index (χ1v) is 7.39. The van der Waals surface area contributed by atoms with Gasteiger partial charge >= 0.3 is 5.97 Å². The van der Waals surface area contributed by atoms with Gasteiger partial charge in [-0.15, -0.1) is 0 Å². The fourth-order valence-corrected chi connectivity index (χ4v) is 3.56. The van der Waals surface area contributed by atoms with Gasteiger partial charge < -0.3 is 15.3 Å². The number of aliphatic carboxylic acids is 1. The first-order chi connectivity index (χ1) is 9.10. The molecule has 0 spiro atoms. The van der Waals surface area contributed by atoms with Crippen molar-refractivity contribution < 1.29 is 9.90 Å². The maximum atomic E-state index is 11.8. The summed E-state index contributed by atoms with van der Waals surface area (Å²) in [5, 5.41) is 13.0. The summed E-state index contributed by atoms with van der Waals surface area (Å²) in [6, 6.07) is 7.71. The van der Waals surface area contributed by atoms with E-state index in [2.05, 4.69) is 26.1 Å². The molecule has 4 nitrogen and oxygen atoms in total. The van der Waals surface area contributed by atoms with Gasteiger partial charge in [-0.1, -0.05) is 15.9 Å². The van der Waals surface area contributed by atoms with Crippen LogP contribution in [0, 0.1) is 5.92 Å². The second-order valence-electron chi connectivity index (χ2n) is 5.46. The SMILES string of the molecule is O=C(O)C1(Nc2ccc(Br)cc2)CN2CCC1CC2. The highest BCUT2D eigenvalue weighted by molar-refractivity contribution is 9.10. The first-order valence-electron chi connectivity index (χ1n) is 6.60. The summed E-state index contributed by atoms with van der Waals surface area (Å²) in [6.45, 7) is 2.66. The van der Waals surface area contributed by atoms with Gasteiger partial charge in [0.2, 0.25) is 0 Å². The Morgan fingerprint density at radius 3 is 2.42 bits per heavy atom. The number of rotatable bonds is 3. The van der Waals surface area contributed by atoms with Crippen molar-refractivity contribution >= 4 is 27.6 Å². The van der Waals surface area contributed by atoms with Crippen molar-refractivity contribution in [1.82, 2.24) is 4.90 Å². The lowest BCUT2D eigenvalue weighted by Gasteiger charge is -2.51. The van der Waals surface area contributed by atoms with Gasteiger partial charge in [-0.2, -0.15) is 0 Å². The summed E-state index contributed by atoms with van der Waals surface area (Å²) >= 11 is 3.39. The molecule has 3 fully saturated rings. The number of piperidine rings is 3. The Labute approximate surface area is 120 Å². The second-order valence-corrected chi connectivity index (χ2v) is 6.37. The Hall–Kier alpha value is -1.07. The number of hydrogen-bond donors (Lipinski definition) is 2. The lowest BCUT2D eigenvalue weighted by atomic mass is 9.72. The second kappa shape index (κ2) is 4.80. The minimum absolute atomic E-state index is 0.221. The smallest absolute Gasteiger partial charge is 0.330 e. The quantitative estimate of drug-likeness (QED) is 0.896. The zero-order valence-corrected chi connectivity index (χ0v) is 12.2. The molecule has 0 aliphatic carbocycles. The van der Waals surface area contributed by atoms with Crippen molar-refractivity contribution in [2.45, 2.75) is 18.4 Å². The third kappa shape index (κ3) is 2.25. The van der Waals surface area contributed by atoms with Gasteiger partial charge in [-0.05, 0) is 56.1 Å². The van der Waals surface area contributed by atoms with E-state index in [1.807, 2.05) is 24.3 Å². The van der Waals surface area contributed by atoms with Gasteiger partial charge in [-0.25, -0.2) is 4.79 Å². The molecular formula is C14H17BrN2O2. The van der Waals surface area contributed by atoms with E-state index in [0.29, 0.717) is 6.54 Å². The lowest BCUT2D eigenvalue weighted by molar-refractivity contribution is -0.149. The van der Waals surface area contributed by atoms with Crippen molar-refractivity contribution in [1.29, 1.82) is 0 Å². The molecule has 5 heteroatoms. The standard InChI is InChI=1S/C14H17BrN2O2/c15-11-1-3-12(4-2-11)16-14(13(18)19)9-17-7-5-10(14)6-8-17/h1-4,10,16H,5-9H2,(H,18,19). The van der Waals surface area contributed by atoms with Crippen LogP contribution in [-0.2, 0) is 4.79 Å². The Morgan fingerprint density at radius 1 is 1.32 bits per heavy atom. The molecule has 3 saturated heterocycles. The Balaban J connectivity index is 1.89. The summed E-state index contributed by atoms with van der Waals surface area (Å²) in [5.74, 6) is -0.511. The highest BCUT2D eigenvalue weighted by atomic mass is 79.9. The number of carboxylic acid groups (broad SMARTS) is 1. The monoisotopic (exact) mass is 324 g/mol. The Kier molecular flexibility index (Phi) is 3.27. The van der Waals surface area contributed by atoms with Crippen LogP contribution in [0.4, 0.5) is 5.69 Å². The molecule has 2 N–H and O–H groups in total. The third-order valence-electron chi connectivity index (χ3n) is 4.35. The van der Waals surface area contributed by atoms with Gasteiger partial charge in [0.1, 0.15) is 0 Å². The lowest BCUT2D eigenvalue weighted by Crippen LogP contribution is -2.66. The summed E-state index contributed by atoms with van der Waals surface area (Å²) < 4.78 is 0.997. The van der Waals surface area contributed by atoms with E-state index in [4.69, 9.17) is 0 Å². The van der Waals surface area contributed by atoms with Crippen LogP contribution in [0.25, 0.3) is 0 Å². The number of benzene rings is 1. The number of carboxylic acids is 1. The highest BCUT2D eigenvalue weighted by Gasteiger charge is 2.52. The molecule has 1 unspecified atom stereocenters. The maximum Gasteiger partial charge on any atom is 0.330 e. The van der Waals surface area contributed by atoms with Crippen molar-refractivity contribution in [2.75, 3.05) is 25.0 Å². The molecule has 19 heavy (non-hydrogen) atoms. The number of anilines is 1. The molecule has 102 valence electrons. The van der Waals surface area contributed by atoms with E-state index in [-0.39, 0.29) is 5.92 Å². The van der Waals surface area contributed by atoms with Gasteiger partial charge in [0.05, 0.1) is 0 Å². The molecule has 0 saturated carbocycles. The van der Waals surface area contributed by atoms with Gasteiger partial charge in [0.25, 0.3) is 0 Å². The molecule has 0 aromatic heterocycles. The predicted octanol–water partition coefficient (Wildman–Crippen LogP) is 2.41. The molecule has 1 aromatic carbocycles. The minimum Gasteiger partial charge on any atom is -0.479 e. The van der Waals surface area contributed by atoms with Crippen LogP contribution < -0.4 is 5.32 Å². The average molecular weight is 325 g/mol. The molecule has 1 aromatic rings. The summed E-state index contributed by atoms with van der Waals surface area (Å²) in [7, 11) is 0. The minimum atomic E-state index is -0.829. The third-order valence-corrected chi connectivity index (χ3v) is 4.88. The van der Waals surface area contributed by atoms with Crippen molar-refractivity contribution in [3.63, 3.8) is 0 Å². The highest BCUT2D eigenvalue weighted by Crippen LogP contribution is 2.38. The molecule has 1 atom stereocenters.